The predicted octanol–water partition coefficient (Wildman–Crippen LogP) is 4.12. The molecule has 2 aliphatic carbocycles. The Hall–Kier alpha value is -2.05. The van der Waals surface area contributed by atoms with Gasteiger partial charge in [-0.2, -0.15) is 0 Å². The van der Waals surface area contributed by atoms with Gasteiger partial charge in [-0.05, 0) is 92.6 Å². The van der Waals surface area contributed by atoms with Gasteiger partial charge in [0.15, 0.2) is 0 Å². The molecular weight excluding hydrogens is 358 g/mol. The lowest BCUT2D eigenvalue weighted by atomic mass is 9.99. The van der Waals surface area contributed by atoms with Crippen molar-refractivity contribution in [1.82, 2.24) is 9.71 Å². The largest absolute Gasteiger partial charge is 0.386 e. The van der Waals surface area contributed by atoms with Crippen LogP contribution >= 0.6 is 11.9 Å². The van der Waals surface area contributed by atoms with Crippen molar-refractivity contribution >= 4 is 23.7 Å². The highest BCUT2D eigenvalue weighted by Gasteiger charge is 2.25. The molecule has 1 aromatic carbocycles. The summed E-state index contributed by atoms with van der Waals surface area (Å²) in [5.74, 6) is 0. The zero-order valence-corrected chi connectivity index (χ0v) is 16.6. The van der Waals surface area contributed by atoms with Gasteiger partial charge in [0.05, 0.1) is 5.60 Å². The standard InChI is InChI=1S/C21H25N3O2S/c1-21(2,26)15-10-16(12-22-11-15)27-24-20(25)23-19-17-7-3-5-13(17)9-14-6-4-8-18(14)19/h9-12,26H,3-8H2,1-2H3,(H2,23,24,25). The molecule has 0 atom stereocenters. The minimum absolute atomic E-state index is 0.219. The minimum atomic E-state index is -0.961. The molecule has 0 spiro atoms. The maximum atomic E-state index is 12.6. The number of fused-ring (bicyclic) bond motifs is 2. The topological polar surface area (TPSA) is 74.2 Å². The molecule has 2 aromatic rings. The molecule has 1 aromatic heterocycles. The molecule has 3 N–H and O–H groups in total. The summed E-state index contributed by atoms with van der Waals surface area (Å²) in [5.41, 5.74) is 6.24. The summed E-state index contributed by atoms with van der Waals surface area (Å²) >= 11 is 1.21. The Labute approximate surface area is 164 Å². The number of pyridine rings is 1. The highest BCUT2D eigenvalue weighted by atomic mass is 32.2. The van der Waals surface area contributed by atoms with Gasteiger partial charge in [-0.1, -0.05) is 6.07 Å². The van der Waals surface area contributed by atoms with Crippen molar-refractivity contribution in [1.29, 1.82) is 0 Å². The summed E-state index contributed by atoms with van der Waals surface area (Å²) in [6, 6.07) is 3.98. The van der Waals surface area contributed by atoms with E-state index in [9.17, 15) is 9.90 Å². The van der Waals surface area contributed by atoms with Crippen molar-refractivity contribution in [2.75, 3.05) is 5.32 Å². The first kappa shape index (κ1) is 18.3. The fourth-order valence-corrected chi connectivity index (χ4v) is 4.58. The molecule has 0 aliphatic heterocycles. The number of nitrogens with one attached hydrogen (secondary N) is 2. The van der Waals surface area contributed by atoms with Crippen LogP contribution in [-0.4, -0.2) is 16.1 Å². The maximum Gasteiger partial charge on any atom is 0.329 e. The number of aromatic nitrogens is 1. The van der Waals surface area contributed by atoms with Crippen molar-refractivity contribution in [3.05, 3.63) is 52.3 Å². The van der Waals surface area contributed by atoms with Gasteiger partial charge in [-0.3, -0.25) is 9.71 Å². The second-order valence-electron chi connectivity index (χ2n) is 7.86. The number of carbonyl (C=O) groups excluding carboxylic acids is 1. The van der Waals surface area contributed by atoms with E-state index in [4.69, 9.17) is 0 Å². The summed E-state index contributed by atoms with van der Waals surface area (Å²) in [7, 11) is 0. The first-order valence-corrected chi connectivity index (χ1v) is 10.3. The van der Waals surface area contributed by atoms with E-state index in [1.165, 1.54) is 47.0 Å². The molecule has 2 aliphatic rings. The predicted molar refractivity (Wildman–Crippen MR) is 108 cm³/mol. The number of urea groups is 1. The van der Waals surface area contributed by atoms with E-state index in [1.807, 2.05) is 6.07 Å². The lowest BCUT2D eigenvalue weighted by molar-refractivity contribution is 0.0780. The third-order valence-corrected chi connectivity index (χ3v) is 6.14. The van der Waals surface area contributed by atoms with Crippen LogP contribution in [-0.2, 0) is 31.3 Å². The highest BCUT2D eigenvalue weighted by molar-refractivity contribution is 7.98. The van der Waals surface area contributed by atoms with Gasteiger partial charge >= 0.3 is 6.03 Å². The number of aryl methyl sites for hydroxylation is 2. The molecular formula is C21H25N3O2S. The number of aliphatic hydroxyl groups is 1. The molecule has 0 saturated heterocycles. The molecule has 0 saturated carbocycles. The summed E-state index contributed by atoms with van der Waals surface area (Å²) in [5, 5.41) is 13.2. The number of anilines is 1. The van der Waals surface area contributed by atoms with E-state index in [-0.39, 0.29) is 6.03 Å². The number of nitrogens with zero attached hydrogens (tertiary/aromatic N) is 1. The molecule has 1 heterocycles. The van der Waals surface area contributed by atoms with Crippen LogP contribution in [0, 0.1) is 0 Å². The number of hydrogen-bond acceptors (Lipinski definition) is 4. The van der Waals surface area contributed by atoms with Crippen LogP contribution in [0.5, 0.6) is 0 Å². The number of benzene rings is 1. The number of amides is 2. The Balaban J connectivity index is 1.47. The molecule has 0 unspecified atom stereocenters. The third kappa shape index (κ3) is 3.82. The van der Waals surface area contributed by atoms with Gasteiger partial charge in [0, 0.05) is 28.5 Å². The summed E-state index contributed by atoms with van der Waals surface area (Å²) in [6.45, 7) is 3.43. The van der Waals surface area contributed by atoms with Crippen LogP contribution in [0.3, 0.4) is 0 Å². The Kier molecular flexibility index (Phi) is 4.86. The quantitative estimate of drug-likeness (QED) is 0.695. The Morgan fingerprint density at radius 3 is 2.37 bits per heavy atom. The van der Waals surface area contributed by atoms with Crippen molar-refractivity contribution < 1.29 is 9.90 Å². The minimum Gasteiger partial charge on any atom is -0.386 e. The summed E-state index contributed by atoms with van der Waals surface area (Å²) in [6.07, 6.45) is 9.97. The van der Waals surface area contributed by atoms with Crippen molar-refractivity contribution in [2.45, 2.75) is 62.9 Å². The van der Waals surface area contributed by atoms with E-state index in [1.54, 1.807) is 26.2 Å². The Bertz CT molecular complexity index is 857. The zero-order chi connectivity index (χ0) is 19.0. The van der Waals surface area contributed by atoms with Crippen molar-refractivity contribution in [3.8, 4) is 0 Å². The average molecular weight is 384 g/mol. The molecule has 5 nitrogen and oxygen atoms in total. The number of hydrogen-bond donors (Lipinski definition) is 3. The van der Waals surface area contributed by atoms with E-state index in [0.29, 0.717) is 5.56 Å². The second kappa shape index (κ2) is 7.17. The van der Waals surface area contributed by atoms with Crippen LogP contribution < -0.4 is 10.0 Å². The molecule has 0 bridgehead atoms. The van der Waals surface area contributed by atoms with E-state index in [2.05, 4.69) is 21.1 Å². The molecule has 6 heteroatoms. The van der Waals surface area contributed by atoms with Gasteiger partial charge in [0.25, 0.3) is 0 Å². The SMILES string of the molecule is CC(C)(O)c1cncc(SNC(=O)Nc2c3c(cc4c2CCC4)CCC3)c1. The van der Waals surface area contributed by atoms with Gasteiger partial charge < -0.3 is 10.4 Å². The van der Waals surface area contributed by atoms with E-state index >= 15 is 0 Å². The van der Waals surface area contributed by atoms with Gasteiger partial charge in [0.1, 0.15) is 0 Å². The monoisotopic (exact) mass is 383 g/mol. The fourth-order valence-electron chi connectivity index (χ4n) is 4.02. The summed E-state index contributed by atoms with van der Waals surface area (Å²) in [4.78, 5) is 17.5. The molecule has 2 amide bonds. The molecule has 0 fully saturated rings. The van der Waals surface area contributed by atoms with Crippen LogP contribution in [0.2, 0.25) is 0 Å². The number of rotatable bonds is 4. The normalized spacial score (nSPS) is 15.4. The van der Waals surface area contributed by atoms with Crippen molar-refractivity contribution in [3.63, 3.8) is 0 Å². The van der Waals surface area contributed by atoms with Gasteiger partial charge in [-0.15, -0.1) is 0 Å². The highest BCUT2D eigenvalue weighted by Crippen LogP contribution is 2.38. The van der Waals surface area contributed by atoms with Gasteiger partial charge in [0.2, 0.25) is 0 Å². The zero-order valence-electron chi connectivity index (χ0n) is 15.8. The Morgan fingerprint density at radius 1 is 1.07 bits per heavy atom. The number of carbonyl (C=O) groups is 1. The molecule has 142 valence electrons. The van der Waals surface area contributed by atoms with Crippen LogP contribution in [0.1, 0.15) is 54.5 Å². The van der Waals surface area contributed by atoms with E-state index < -0.39 is 5.60 Å². The fraction of sp³-hybridized carbons (Fsp3) is 0.429. The second-order valence-corrected chi connectivity index (χ2v) is 8.74. The molecule has 0 radical (unpaired) electrons. The molecule has 4 rings (SSSR count). The third-order valence-electron chi connectivity index (χ3n) is 5.39. The smallest absolute Gasteiger partial charge is 0.329 e. The van der Waals surface area contributed by atoms with Crippen LogP contribution in [0.25, 0.3) is 0 Å². The van der Waals surface area contributed by atoms with E-state index in [0.717, 1.165) is 36.3 Å². The Morgan fingerprint density at radius 2 is 1.74 bits per heavy atom. The van der Waals surface area contributed by atoms with Crippen LogP contribution in [0.4, 0.5) is 10.5 Å². The van der Waals surface area contributed by atoms with Gasteiger partial charge in [-0.25, -0.2) is 4.79 Å². The molecule has 27 heavy (non-hydrogen) atoms. The first-order chi connectivity index (χ1) is 12.9. The maximum absolute atomic E-state index is 12.6. The lowest BCUT2D eigenvalue weighted by Crippen LogP contribution is -2.24. The van der Waals surface area contributed by atoms with Crippen LogP contribution in [0.15, 0.2) is 29.4 Å². The summed E-state index contributed by atoms with van der Waals surface area (Å²) < 4.78 is 2.85. The first-order valence-electron chi connectivity index (χ1n) is 9.50. The average Bonchev–Trinajstić information content (AvgIpc) is 3.28. The lowest BCUT2D eigenvalue weighted by Gasteiger charge is -2.18. The van der Waals surface area contributed by atoms with Crippen molar-refractivity contribution in [2.24, 2.45) is 0 Å².